The Balaban J connectivity index is 2.49. The van der Waals surface area contributed by atoms with Crippen LogP contribution in [0.1, 0.15) is 30.5 Å². The van der Waals surface area contributed by atoms with E-state index in [0.29, 0.717) is 16.3 Å². The normalized spacial score (nSPS) is 16.4. The van der Waals surface area contributed by atoms with Crippen LogP contribution in [-0.4, -0.2) is 23.1 Å². The third-order valence-corrected chi connectivity index (χ3v) is 4.43. The van der Waals surface area contributed by atoms with E-state index in [4.69, 9.17) is 4.74 Å². The fourth-order valence-corrected chi connectivity index (χ4v) is 3.02. The minimum atomic E-state index is -0.804. The Morgan fingerprint density at radius 3 is 2.36 bits per heavy atom. The molecule has 0 aromatic heterocycles. The zero-order valence-electron chi connectivity index (χ0n) is 13.0. The predicted octanol–water partition coefficient (Wildman–Crippen LogP) is 3.41. The van der Waals surface area contributed by atoms with Crippen LogP contribution in [0, 0.1) is 6.92 Å². The summed E-state index contributed by atoms with van der Waals surface area (Å²) in [4.78, 5) is 12.5. The number of fused-ring (bicyclic) bond motifs is 3. The third-order valence-electron chi connectivity index (χ3n) is 4.43. The first-order valence-corrected chi connectivity index (χ1v) is 7.07. The van der Waals surface area contributed by atoms with Gasteiger partial charge in [-0.05, 0) is 67.1 Å². The molecule has 0 unspecified atom stereocenters. The predicted molar refractivity (Wildman–Crippen MR) is 85.0 cm³/mol. The van der Waals surface area contributed by atoms with Crippen LogP contribution in [0.5, 0.6) is 11.5 Å². The molecule has 114 valence electrons. The topological polar surface area (TPSA) is 66.8 Å². The van der Waals surface area contributed by atoms with Crippen molar-refractivity contribution in [3.8, 4) is 11.5 Å². The molecule has 0 bridgehead atoms. The summed E-state index contributed by atoms with van der Waals surface area (Å²) in [7, 11) is 1.47. The summed E-state index contributed by atoms with van der Waals surface area (Å²) < 4.78 is 5.22. The Morgan fingerprint density at radius 1 is 1.05 bits per heavy atom. The van der Waals surface area contributed by atoms with Crippen LogP contribution in [-0.2, 0) is 14.9 Å². The molecule has 4 nitrogen and oxygen atoms in total. The first kappa shape index (κ1) is 14.4. The summed E-state index contributed by atoms with van der Waals surface area (Å²) in [6, 6.07) is 5.00. The van der Waals surface area contributed by atoms with Gasteiger partial charge in [0.2, 0.25) is 5.78 Å². The summed E-state index contributed by atoms with van der Waals surface area (Å²) in [6.07, 6.45) is 1.68. The number of methoxy groups -OCH3 is 1. The second-order valence-electron chi connectivity index (χ2n) is 6.21. The molecular weight excluding hydrogens is 280 g/mol. The largest absolute Gasteiger partial charge is 0.508 e. The highest BCUT2D eigenvalue weighted by Gasteiger charge is 2.39. The molecular formula is C18H18O4. The van der Waals surface area contributed by atoms with E-state index in [0.717, 1.165) is 11.1 Å². The van der Waals surface area contributed by atoms with Gasteiger partial charge >= 0.3 is 0 Å². The number of allylic oxidation sites excluding steroid dienone is 1. The Labute approximate surface area is 128 Å². The van der Waals surface area contributed by atoms with E-state index in [2.05, 4.69) is 0 Å². The molecule has 4 heteroatoms. The molecule has 0 heterocycles. The standard InChI is InChI=1S/C18H18O4/c1-9-5-12-10(6-14(9)19)11-7-16(22-4)17(21)18(2,3)13(11)8-15(12)20/h5-8,19-20H,1-4H3. The lowest BCUT2D eigenvalue weighted by Crippen LogP contribution is -2.34. The number of rotatable bonds is 1. The fourth-order valence-electron chi connectivity index (χ4n) is 3.02. The van der Waals surface area contributed by atoms with Gasteiger partial charge in [0, 0.05) is 5.39 Å². The molecule has 3 rings (SSSR count). The molecule has 0 spiro atoms. The molecule has 0 atom stereocenters. The summed E-state index contributed by atoms with van der Waals surface area (Å²) in [6.45, 7) is 5.39. The summed E-state index contributed by atoms with van der Waals surface area (Å²) in [5.74, 6) is 0.413. The number of ether oxygens (including phenoxy) is 1. The summed E-state index contributed by atoms with van der Waals surface area (Å²) >= 11 is 0. The molecule has 2 N–H and O–H groups in total. The average Bonchev–Trinajstić information content (AvgIpc) is 2.46. The van der Waals surface area contributed by atoms with Crippen molar-refractivity contribution in [2.45, 2.75) is 26.2 Å². The Kier molecular flexibility index (Phi) is 2.96. The summed E-state index contributed by atoms with van der Waals surface area (Å²) in [5.41, 5.74) is 1.41. The Bertz CT molecular complexity index is 844. The van der Waals surface area contributed by atoms with Crippen LogP contribution in [0.25, 0.3) is 16.8 Å². The van der Waals surface area contributed by atoms with E-state index in [1.807, 2.05) is 0 Å². The van der Waals surface area contributed by atoms with Gasteiger partial charge in [0.1, 0.15) is 11.5 Å². The third kappa shape index (κ3) is 1.80. The Hall–Kier alpha value is -2.49. The second kappa shape index (κ2) is 4.50. The van der Waals surface area contributed by atoms with Gasteiger partial charge in [-0.15, -0.1) is 0 Å². The highest BCUT2D eigenvalue weighted by atomic mass is 16.5. The molecule has 0 amide bonds. The Morgan fingerprint density at radius 2 is 1.73 bits per heavy atom. The molecule has 0 aliphatic heterocycles. The van der Waals surface area contributed by atoms with E-state index in [1.54, 1.807) is 45.0 Å². The number of aryl methyl sites for hydroxylation is 1. The maximum Gasteiger partial charge on any atom is 0.207 e. The number of Topliss-reactive ketones (excluding diaryl/α,β-unsaturated/α-hetero) is 1. The molecule has 1 aliphatic carbocycles. The van der Waals surface area contributed by atoms with Crippen molar-refractivity contribution in [2.24, 2.45) is 0 Å². The first-order valence-electron chi connectivity index (χ1n) is 7.07. The van der Waals surface area contributed by atoms with Gasteiger partial charge in [-0.25, -0.2) is 0 Å². The van der Waals surface area contributed by atoms with Crippen LogP contribution in [0.4, 0.5) is 0 Å². The molecule has 0 saturated heterocycles. The summed E-state index contributed by atoms with van der Waals surface area (Å²) in [5, 5.41) is 21.7. The van der Waals surface area contributed by atoms with E-state index >= 15 is 0 Å². The number of aromatic hydroxyl groups is 2. The minimum Gasteiger partial charge on any atom is -0.508 e. The maximum absolute atomic E-state index is 12.5. The van der Waals surface area contributed by atoms with Gasteiger partial charge in [-0.1, -0.05) is 0 Å². The van der Waals surface area contributed by atoms with Gasteiger partial charge < -0.3 is 14.9 Å². The highest BCUT2D eigenvalue weighted by Crippen LogP contribution is 2.44. The second-order valence-corrected chi connectivity index (χ2v) is 6.21. The number of phenolic OH excluding ortho intramolecular Hbond substituents is 2. The van der Waals surface area contributed by atoms with Gasteiger partial charge in [-0.3, -0.25) is 4.79 Å². The van der Waals surface area contributed by atoms with E-state index in [-0.39, 0.29) is 23.0 Å². The fraction of sp³-hybridized carbons (Fsp3) is 0.278. The van der Waals surface area contributed by atoms with Crippen molar-refractivity contribution < 1.29 is 19.7 Å². The molecule has 22 heavy (non-hydrogen) atoms. The lowest BCUT2D eigenvalue weighted by atomic mass is 9.72. The van der Waals surface area contributed by atoms with Crippen molar-refractivity contribution in [1.82, 2.24) is 0 Å². The SMILES string of the molecule is COC1=Cc2c(cc(O)c3cc(C)c(O)cc23)C(C)(C)C1=O. The van der Waals surface area contributed by atoms with Crippen molar-refractivity contribution in [3.63, 3.8) is 0 Å². The molecule has 0 radical (unpaired) electrons. The maximum atomic E-state index is 12.5. The number of ketones is 1. The van der Waals surface area contributed by atoms with Crippen LogP contribution in [0.3, 0.4) is 0 Å². The molecule has 0 fully saturated rings. The van der Waals surface area contributed by atoms with Gasteiger partial charge in [0.05, 0.1) is 12.5 Å². The number of hydrogen-bond acceptors (Lipinski definition) is 4. The average molecular weight is 298 g/mol. The monoisotopic (exact) mass is 298 g/mol. The minimum absolute atomic E-state index is 0.104. The van der Waals surface area contributed by atoms with Gasteiger partial charge in [0.25, 0.3) is 0 Å². The highest BCUT2D eigenvalue weighted by molar-refractivity contribution is 6.11. The van der Waals surface area contributed by atoms with Crippen molar-refractivity contribution in [1.29, 1.82) is 0 Å². The van der Waals surface area contributed by atoms with Crippen LogP contribution in [0.15, 0.2) is 24.0 Å². The van der Waals surface area contributed by atoms with E-state index in [1.165, 1.54) is 7.11 Å². The lowest BCUT2D eigenvalue weighted by Gasteiger charge is -2.31. The van der Waals surface area contributed by atoms with Crippen LogP contribution < -0.4 is 0 Å². The van der Waals surface area contributed by atoms with Crippen molar-refractivity contribution >= 4 is 22.6 Å². The molecule has 2 aromatic rings. The van der Waals surface area contributed by atoms with Crippen LogP contribution >= 0.6 is 0 Å². The van der Waals surface area contributed by atoms with E-state index in [9.17, 15) is 15.0 Å². The first-order chi connectivity index (χ1) is 10.3. The smallest absolute Gasteiger partial charge is 0.207 e. The molecule has 2 aromatic carbocycles. The number of carbonyl (C=O) groups is 1. The lowest BCUT2D eigenvalue weighted by molar-refractivity contribution is -0.122. The van der Waals surface area contributed by atoms with E-state index < -0.39 is 5.41 Å². The number of hydrogen-bond donors (Lipinski definition) is 2. The zero-order chi connectivity index (χ0) is 16.2. The van der Waals surface area contributed by atoms with Crippen molar-refractivity contribution in [3.05, 3.63) is 40.6 Å². The van der Waals surface area contributed by atoms with Crippen LogP contribution in [0.2, 0.25) is 0 Å². The number of carbonyl (C=O) groups excluding carboxylic acids is 1. The van der Waals surface area contributed by atoms with Gasteiger partial charge in [-0.2, -0.15) is 0 Å². The molecule has 0 saturated carbocycles. The van der Waals surface area contributed by atoms with Gasteiger partial charge in [0.15, 0.2) is 5.76 Å². The van der Waals surface area contributed by atoms with Crippen molar-refractivity contribution in [2.75, 3.05) is 7.11 Å². The molecule has 1 aliphatic rings. The number of phenols is 2. The quantitative estimate of drug-likeness (QED) is 0.846. The zero-order valence-corrected chi connectivity index (χ0v) is 13.0. The number of benzene rings is 2.